The molecule has 7 heteroatoms. The van der Waals surface area contributed by atoms with Crippen LogP contribution in [-0.2, 0) is 4.79 Å². The summed E-state index contributed by atoms with van der Waals surface area (Å²) in [5.74, 6) is -1.11. The van der Waals surface area contributed by atoms with Gasteiger partial charge in [0.05, 0.1) is 12.7 Å². The summed E-state index contributed by atoms with van der Waals surface area (Å²) in [5, 5.41) is 27.4. The van der Waals surface area contributed by atoms with Crippen LogP contribution in [0.25, 0.3) is 0 Å². The van der Waals surface area contributed by atoms with Crippen LogP contribution in [0.3, 0.4) is 0 Å². The molecule has 0 aromatic heterocycles. The molecule has 1 fully saturated rings. The van der Waals surface area contributed by atoms with Crippen LogP contribution in [0.1, 0.15) is 19.8 Å². The molecule has 0 aromatic carbocycles. The molecule has 1 aliphatic rings. The summed E-state index contributed by atoms with van der Waals surface area (Å²) in [7, 11) is 0. The lowest BCUT2D eigenvalue weighted by Crippen LogP contribution is -2.49. The van der Waals surface area contributed by atoms with Crippen LogP contribution in [0.15, 0.2) is 0 Å². The Morgan fingerprint density at radius 2 is 2.06 bits per heavy atom. The number of amides is 2. The zero-order valence-electron chi connectivity index (χ0n) is 10.4. The highest BCUT2D eigenvalue weighted by atomic mass is 16.4. The second-order valence-corrected chi connectivity index (χ2v) is 4.39. The third-order valence-corrected chi connectivity index (χ3v) is 2.94. The van der Waals surface area contributed by atoms with Crippen LogP contribution in [-0.4, -0.2) is 75.5 Å². The number of β-amino-alcohol motifs (C(OH)–C–C–N with tert-alkyl or cyclic N) is 1. The summed E-state index contributed by atoms with van der Waals surface area (Å²) in [5.41, 5.74) is 0. The third kappa shape index (κ3) is 3.33. The highest BCUT2D eigenvalue weighted by Crippen LogP contribution is 2.20. The van der Waals surface area contributed by atoms with Crippen LogP contribution in [0.4, 0.5) is 4.79 Å². The van der Waals surface area contributed by atoms with Gasteiger partial charge in [-0.3, -0.25) is 0 Å². The third-order valence-electron chi connectivity index (χ3n) is 2.94. The van der Waals surface area contributed by atoms with Crippen molar-refractivity contribution in [3.8, 4) is 0 Å². The number of carbonyl (C=O) groups excluding carboxylic acids is 1. The van der Waals surface area contributed by atoms with E-state index in [4.69, 9.17) is 10.2 Å². The van der Waals surface area contributed by atoms with Crippen molar-refractivity contribution in [2.24, 2.45) is 0 Å². The van der Waals surface area contributed by atoms with E-state index < -0.39 is 24.1 Å². The number of carbonyl (C=O) groups is 2. The van der Waals surface area contributed by atoms with Gasteiger partial charge in [0.25, 0.3) is 0 Å². The summed E-state index contributed by atoms with van der Waals surface area (Å²) in [6, 6.07) is -1.42. The molecule has 0 radical (unpaired) electrons. The average Bonchev–Trinajstić information content (AvgIpc) is 2.70. The topological polar surface area (TPSA) is 101 Å². The molecule has 7 nitrogen and oxygen atoms in total. The van der Waals surface area contributed by atoms with Gasteiger partial charge < -0.3 is 25.1 Å². The van der Waals surface area contributed by atoms with E-state index in [1.807, 2.05) is 6.92 Å². The van der Waals surface area contributed by atoms with E-state index in [0.29, 0.717) is 6.54 Å². The molecule has 0 unspecified atom stereocenters. The molecule has 2 amide bonds. The number of aliphatic hydroxyl groups excluding tert-OH is 2. The van der Waals surface area contributed by atoms with E-state index in [2.05, 4.69) is 0 Å². The maximum absolute atomic E-state index is 12.2. The van der Waals surface area contributed by atoms with Crippen molar-refractivity contribution in [2.75, 3.05) is 26.2 Å². The van der Waals surface area contributed by atoms with Gasteiger partial charge in [0.1, 0.15) is 6.04 Å². The molecule has 0 spiro atoms. The summed E-state index contributed by atoms with van der Waals surface area (Å²) < 4.78 is 0. The number of aliphatic hydroxyl groups is 2. The van der Waals surface area contributed by atoms with E-state index in [1.54, 1.807) is 0 Å². The number of carboxylic acid groups (broad SMARTS) is 1. The first-order valence-electron chi connectivity index (χ1n) is 6.08. The fourth-order valence-electron chi connectivity index (χ4n) is 2.13. The monoisotopic (exact) mass is 260 g/mol. The van der Waals surface area contributed by atoms with Crippen LogP contribution in [0.5, 0.6) is 0 Å². The highest BCUT2D eigenvalue weighted by molar-refractivity contribution is 5.83. The minimum atomic E-state index is -1.11. The van der Waals surface area contributed by atoms with E-state index in [1.165, 1.54) is 9.80 Å². The molecule has 1 aliphatic heterocycles. The lowest BCUT2D eigenvalue weighted by molar-refractivity contribution is -0.141. The summed E-state index contributed by atoms with van der Waals surface area (Å²) in [6.45, 7) is 2.39. The van der Waals surface area contributed by atoms with Gasteiger partial charge in [0, 0.05) is 26.1 Å². The molecule has 1 heterocycles. The van der Waals surface area contributed by atoms with E-state index in [9.17, 15) is 14.7 Å². The second kappa shape index (κ2) is 6.55. The van der Waals surface area contributed by atoms with Crippen LogP contribution < -0.4 is 0 Å². The average molecular weight is 260 g/mol. The largest absolute Gasteiger partial charge is 0.480 e. The fraction of sp³-hybridized carbons (Fsp3) is 0.818. The Morgan fingerprint density at radius 1 is 1.39 bits per heavy atom. The SMILES string of the molecule is CCCN(CCO)C(=O)N1C[C@H](O)C[C@H]1C(=O)O. The molecule has 0 bridgehead atoms. The Hall–Kier alpha value is -1.34. The van der Waals surface area contributed by atoms with Crippen molar-refractivity contribution in [1.82, 2.24) is 9.80 Å². The van der Waals surface area contributed by atoms with Crippen molar-refractivity contribution in [2.45, 2.75) is 31.9 Å². The second-order valence-electron chi connectivity index (χ2n) is 4.39. The zero-order chi connectivity index (χ0) is 13.7. The van der Waals surface area contributed by atoms with Gasteiger partial charge >= 0.3 is 12.0 Å². The first kappa shape index (κ1) is 14.7. The number of nitrogens with zero attached hydrogens (tertiary/aromatic N) is 2. The number of likely N-dealkylation sites (tertiary alicyclic amines) is 1. The molecular formula is C11H20N2O5. The van der Waals surface area contributed by atoms with Gasteiger partial charge in [-0.1, -0.05) is 6.92 Å². The maximum Gasteiger partial charge on any atom is 0.326 e. The molecule has 0 aromatic rings. The summed E-state index contributed by atoms with van der Waals surface area (Å²) >= 11 is 0. The number of rotatable bonds is 5. The van der Waals surface area contributed by atoms with Gasteiger partial charge in [-0.25, -0.2) is 9.59 Å². The minimum Gasteiger partial charge on any atom is -0.480 e. The van der Waals surface area contributed by atoms with E-state index in [0.717, 1.165) is 6.42 Å². The Kier molecular flexibility index (Phi) is 5.36. The molecule has 104 valence electrons. The van der Waals surface area contributed by atoms with Gasteiger partial charge in [-0.15, -0.1) is 0 Å². The Bertz CT molecular complexity index is 304. The summed E-state index contributed by atoms with van der Waals surface area (Å²) in [6.07, 6.45) is -0.0207. The van der Waals surface area contributed by atoms with Gasteiger partial charge in [-0.2, -0.15) is 0 Å². The quantitative estimate of drug-likeness (QED) is 0.608. The molecule has 0 saturated carbocycles. The van der Waals surface area contributed by atoms with Crippen molar-refractivity contribution >= 4 is 12.0 Å². The fourth-order valence-corrected chi connectivity index (χ4v) is 2.13. The molecule has 1 rings (SSSR count). The summed E-state index contributed by atoms with van der Waals surface area (Å²) in [4.78, 5) is 25.8. The van der Waals surface area contributed by atoms with E-state index >= 15 is 0 Å². The van der Waals surface area contributed by atoms with Crippen molar-refractivity contribution in [1.29, 1.82) is 0 Å². The van der Waals surface area contributed by atoms with Crippen molar-refractivity contribution in [3.05, 3.63) is 0 Å². The van der Waals surface area contributed by atoms with Gasteiger partial charge in [0.2, 0.25) is 0 Å². The van der Waals surface area contributed by atoms with Crippen LogP contribution in [0.2, 0.25) is 0 Å². The Balaban J connectivity index is 2.76. The number of hydrogen-bond donors (Lipinski definition) is 3. The lowest BCUT2D eigenvalue weighted by Gasteiger charge is -2.29. The van der Waals surface area contributed by atoms with Crippen molar-refractivity contribution in [3.63, 3.8) is 0 Å². The predicted octanol–water partition coefficient (Wildman–Crippen LogP) is -0.669. The Morgan fingerprint density at radius 3 is 2.56 bits per heavy atom. The van der Waals surface area contributed by atoms with Gasteiger partial charge in [-0.05, 0) is 6.42 Å². The Labute approximate surface area is 106 Å². The van der Waals surface area contributed by atoms with E-state index in [-0.39, 0.29) is 26.1 Å². The molecule has 18 heavy (non-hydrogen) atoms. The molecule has 1 saturated heterocycles. The molecule has 0 aliphatic carbocycles. The minimum absolute atomic E-state index is 0.0292. The lowest BCUT2D eigenvalue weighted by atomic mass is 10.2. The van der Waals surface area contributed by atoms with Crippen LogP contribution >= 0.6 is 0 Å². The van der Waals surface area contributed by atoms with Crippen LogP contribution in [0, 0.1) is 0 Å². The molecular weight excluding hydrogens is 240 g/mol. The highest BCUT2D eigenvalue weighted by Gasteiger charge is 2.40. The number of carboxylic acids is 1. The van der Waals surface area contributed by atoms with Crippen molar-refractivity contribution < 1.29 is 24.9 Å². The maximum atomic E-state index is 12.2. The first-order valence-corrected chi connectivity index (χ1v) is 6.08. The molecule has 3 N–H and O–H groups in total. The zero-order valence-corrected chi connectivity index (χ0v) is 10.4. The standard InChI is InChI=1S/C11H20N2O5/c1-2-3-12(4-5-14)11(18)13-7-8(15)6-9(13)10(16)17/h8-9,14-15H,2-7H2,1H3,(H,16,17)/t8-,9+/m1/s1. The van der Waals surface area contributed by atoms with Gasteiger partial charge in [0.15, 0.2) is 0 Å². The predicted molar refractivity (Wildman–Crippen MR) is 63.1 cm³/mol. The number of aliphatic carboxylic acids is 1. The number of urea groups is 1. The number of hydrogen-bond acceptors (Lipinski definition) is 4. The normalized spacial score (nSPS) is 23.2. The smallest absolute Gasteiger partial charge is 0.326 e. The first-order chi connectivity index (χ1) is 8.51. The molecule has 2 atom stereocenters.